The molecule has 1 saturated heterocycles. The van der Waals surface area contributed by atoms with Gasteiger partial charge in [0.15, 0.2) is 15.6 Å². The van der Waals surface area contributed by atoms with E-state index < -0.39 is 15.1 Å². The Hall–Kier alpha value is -0.840. The molecule has 0 aromatic rings. The molecule has 0 aromatic heterocycles. The molecule has 0 aliphatic carbocycles. The average molecular weight is 230 g/mol. The molecule has 0 aromatic carbocycles. The molecule has 2 aliphatic rings. The van der Waals surface area contributed by atoms with E-state index in [0.717, 1.165) is 6.42 Å². The second-order valence-electron chi connectivity index (χ2n) is 3.92. The van der Waals surface area contributed by atoms with Crippen LogP contribution >= 0.6 is 0 Å². The highest BCUT2D eigenvalue weighted by molar-refractivity contribution is 7.92. The normalized spacial score (nSPS) is 29.3. The molecule has 84 valence electrons. The SMILES string of the molecule is O=C(C1=CCCO1)C1CCCCS1(=O)=O. The van der Waals surface area contributed by atoms with Gasteiger partial charge in [-0.15, -0.1) is 0 Å². The Balaban J connectivity index is 2.18. The van der Waals surface area contributed by atoms with Crippen LogP contribution in [-0.2, 0) is 19.4 Å². The molecule has 1 unspecified atom stereocenters. The van der Waals surface area contributed by atoms with Gasteiger partial charge in [0, 0.05) is 6.42 Å². The smallest absolute Gasteiger partial charge is 0.215 e. The van der Waals surface area contributed by atoms with Gasteiger partial charge < -0.3 is 4.74 Å². The van der Waals surface area contributed by atoms with Gasteiger partial charge in [-0.1, -0.05) is 6.42 Å². The maximum Gasteiger partial charge on any atom is 0.215 e. The minimum Gasteiger partial charge on any atom is -0.490 e. The molecule has 5 heteroatoms. The van der Waals surface area contributed by atoms with Crippen LogP contribution in [0.5, 0.6) is 0 Å². The van der Waals surface area contributed by atoms with Crippen LogP contribution in [0.3, 0.4) is 0 Å². The minimum absolute atomic E-state index is 0.136. The number of Topliss-reactive ketones (excluding diaryl/α,β-unsaturated/α-hetero) is 1. The van der Waals surface area contributed by atoms with Crippen LogP contribution < -0.4 is 0 Å². The molecule has 2 heterocycles. The van der Waals surface area contributed by atoms with E-state index >= 15 is 0 Å². The Bertz CT molecular complexity index is 394. The van der Waals surface area contributed by atoms with Gasteiger partial charge in [-0.05, 0) is 18.9 Å². The summed E-state index contributed by atoms with van der Waals surface area (Å²) in [7, 11) is -3.23. The molecular weight excluding hydrogens is 216 g/mol. The number of carbonyl (C=O) groups is 1. The first-order valence-electron chi connectivity index (χ1n) is 5.20. The molecule has 15 heavy (non-hydrogen) atoms. The van der Waals surface area contributed by atoms with Crippen molar-refractivity contribution >= 4 is 15.6 Å². The summed E-state index contributed by atoms with van der Waals surface area (Å²) in [4.78, 5) is 11.8. The van der Waals surface area contributed by atoms with E-state index in [1.165, 1.54) is 0 Å². The fourth-order valence-corrected chi connectivity index (χ4v) is 3.86. The number of hydrogen-bond donors (Lipinski definition) is 0. The summed E-state index contributed by atoms with van der Waals surface area (Å²) in [6.45, 7) is 0.494. The summed E-state index contributed by atoms with van der Waals surface area (Å²) >= 11 is 0. The van der Waals surface area contributed by atoms with Crippen molar-refractivity contribution in [2.24, 2.45) is 0 Å². The molecule has 0 N–H and O–H groups in total. The predicted octanol–water partition coefficient (Wildman–Crippen LogP) is 0.827. The molecule has 0 amide bonds. The molecule has 0 bridgehead atoms. The van der Waals surface area contributed by atoms with Crippen molar-refractivity contribution in [2.45, 2.75) is 30.9 Å². The Morgan fingerprint density at radius 1 is 1.40 bits per heavy atom. The monoisotopic (exact) mass is 230 g/mol. The predicted molar refractivity (Wildman–Crippen MR) is 55.1 cm³/mol. The Kier molecular flexibility index (Phi) is 2.82. The lowest BCUT2D eigenvalue weighted by Crippen LogP contribution is -2.36. The van der Waals surface area contributed by atoms with E-state index in [1.807, 2.05) is 0 Å². The van der Waals surface area contributed by atoms with Crippen molar-refractivity contribution in [3.8, 4) is 0 Å². The lowest BCUT2D eigenvalue weighted by atomic mass is 10.1. The molecule has 0 saturated carbocycles. The molecular formula is C10H14O4S. The second kappa shape index (κ2) is 3.96. The molecule has 2 aliphatic heterocycles. The maximum atomic E-state index is 11.8. The number of sulfone groups is 1. The maximum absolute atomic E-state index is 11.8. The van der Waals surface area contributed by atoms with Gasteiger partial charge in [0.05, 0.1) is 12.4 Å². The van der Waals surface area contributed by atoms with Gasteiger partial charge in [-0.25, -0.2) is 8.42 Å². The molecule has 0 spiro atoms. The van der Waals surface area contributed by atoms with Crippen molar-refractivity contribution in [1.29, 1.82) is 0 Å². The van der Waals surface area contributed by atoms with Crippen molar-refractivity contribution < 1.29 is 17.9 Å². The first-order chi connectivity index (χ1) is 7.11. The first-order valence-corrected chi connectivity index (χ1v) is 6.91. The Labute approximate surface area is 89.2 Å². The van der Waals surface area contributed by atoms with Crippen LogP contribution in [0.2, 0.25) is 0 Å². The van der Waals surface area contributed by atoms with E-state index in [1.54, 1.807) is 6.08 Å². The van der Waals surface area contributed by atoms with Crippen LogP contribution in [0.15, 0.2) is 11.8 Å². The summed E-state index contributed by atoms with van der Waals surface area (Å²) < 4.78 is 28.5. The number of rotatable bonds is 2. The first kappa shape index (κ1) is 10.7. The average Bonchev–Trinajstić information content (AvgIpc) is 2.69. The molecule has 2 rings (SSSR count). The van der Waals surface area contributed by atoms with Crippen LogP contribution in [0.4, 0.5) is 0 Å². The zero-order chi connectivity index (χ0) is 10.9. The highest BCUT2D eigenvalue weighted by Crippen LogP contribution is 2.24. The lowest BCUT2D eigenvalue weighted by Gasteiger charge is -2.20. The molecule has 1 fully saturated rings. The summed E-state index contributed by atoms with van der Waals surface area (Å²) in [5.74, 6) is 0.0501. The third kappa shape index (κ3) is 2.07. The van der Waals surface area contributed by atoms with E-state index in [0.29, 0.717) is 25.9 Å². The highest BCUT2D eigenvalue weighted by atomic mass is 32.2. The van der Waals surface area contributed by atoms with E-state index in [-0.39, 0.29) is 17.3 Å². The minimum atomic E-state index is -3.23. The van der Waals surface area contributed by atoms with E-state index in [4.69, 9.17) is 4.74 Å². The van der Waals surface area contributed by atoms with Gasteiger partial charge in [-0.3, -0.25) is 4.79 Å². The quantitative estimate of drug-likeness (QED) is 0.705. The molecule has 4 nitrogen and oxygen atoms in total. The van der Waals surface area contributed by atoms with Crippen molar-refractivity contribution in [3.05, 3.63) is 11.8 Å². The summed E-state index contributed by atoms with van der Waals surface area (Å²) in [5, 5.41) is -0.851. The van der Waals surface area contributed by atoms with Gasteiger partial charge in [0.1, 0.15) is 5.25 Å². The van der Waals surface area contributed by atoms with Gasteiger partial charge in [0.2, 0.25) is 5.78 Å². The van der Waals surface area contributed by atoms with Gasteiger partial charge >= 0.3 is 0 Å². The van der Waals surface area contributed by atoms with Crippen LogP contribution in [0.1, 0.15) is 25.7 Å². The third-order valence-electron chi connectivity index (χ3n) is 2.82. The summed E-state index contributed by atoms with van der Waals surface area (Å²) in [6.07, 6.45) is 4.32. The van der Waals surface area contributed by atoms with Crippen LogP contribution in [0, 0.1) is 0 Å². The highest BCUT2D eigenvalue weighted by Gasteiger charge is 2.37. The van der Waals surface area contributed by atoms with Gasteiger partial charge in [-0.2, -0.15) is 0 Å². The van der Waals surface area contributed by atoms with Crippen molar-refractivity contribution in [2.75, 3.05) is 12.4 Å². The molecule has 1 atom stereocenters. The van der Waals surface area contributed by atoms with Crippen LogP contribution in [0.25, 0.3) is 0 Å². The molecule has 0 radical (unpaired) electrons. The standard InChI is InChI=1S/C10H14O4S/c11-10(8-4-3-6-14-8)9-5-1-2-7-15(9,12)13/h4,9H,1-3,5-7H2. The number of allylic oxidation sites excluding steroid dienone is 1. The number of carbonyl (C=O) groups excluding carboxylic acids is 1. The number of ketones is 1. The van der Waals surface area contributed by atoms with E-state index in [2.05, 4.69) is 0 Å². The fourth-order valence-electron chi connectivity index (χ4n) is 2.00. The van der Waals surface area contributed by atoms with Gasteiger partial charge in [0.25, 0.3) is 0 Å². The Morgan fingerprint density at radius 3 is 2.80 bits per heavy atom. The zero-order valence-corrected chi connectivity index (χ0v) is 9.26. The largest absolute Gasteiger partial charge is 0.490 e. The number of ether oxygens (including phenoxy) is 1. The van der Waals surface area contributed by atoms with Crippen LogP contribution in [-0.4, -0.2) is 31.8 Å². The second-order valence-corrected chi connectivity index (χ2v) is 6.22. The third-order valence-corrected chi connectivity index (χ3v) is 4.99. The Morgan fingerprint density at radius 2 is 2.20 bits per heavy atom. The summed E-state index contributed by atoms with van der Waals surface area (Å²) in [5.41, 5.74) is 0. The lowest BCUT2D eigenvalue weighted by molar-refractivity contribution is -0.118. The summed E-state index contributed by atoms with van der Waals surface area (Å²) in [6, 6.07) is 0. The number of hydrogen-bond acceptors (Lipinski definition) is 4. The zero-order valence-electron chi connectivity index (χ0n) is 8.44. The fraction of sp³-hybridized carbons (Fsp3) is 0.700. The van der Waals surface area contributed by atoms with E-state index in [9.17, 15) is 13.2 Å². The topological polar surface area (TPSA) is 60.4 Å². The van der Waals surface area contributed by atoms with Crippen molar-refractivity contribution in [3.63, 3.8) is 0 Å². The van der Waals surface area contributed by atoms with Crippen molar-refractivity contribution in [1.82, 2.24) is 0 Å².